The second kappa shape index (κ2) is 12.8. The van der Waals surface area contributed by atoms with Crippen molar-refractivity contribution >= 4 is 11.7 Å². The molecule has 4 rings (SSSR count). The predicted octanol–water partition coefficient (Wildman–Crippen LogP) is 5.24. The van der Waals surface area contributed by atoms with Crippen LogP contribution < -0.4 is 10.6 Å². The monoisotopic (exact) mass is 503 g/mol. The van der Waals surface area contributed by atoms with Crippen LogP contribution in [0.15, 0.2) is 78.9 Å². The number of nitrogens with zero attached hydrogens (tertiary/aromatic N) is 1. The van der Waals surface area contributed by atoms with Gasteiger partial charge < -0.3 is 25.2 Å². The Hall–Kier alpha value is -3.23. The number of benzene rings is 3. The van der Waals surface area contributed by atoms with Crippen LogP contribution in [-0.2, 0) is 22.6 Å². The highest BCUT2D eigenvalue weighted by Gasteiger charge is 2.38. The molecule has 0 radical (unpaired) electrons. The zero-order valence-electron chi connectivity index (χ0n) is 21.8. The van der Waals surface area contributed by atoms with Crippen LogP contribution in [0.4, 0.5) is 10.5 Å². The number of anilines is 1. The fourth-order valence-corrected chi connectivity index (χ4v) is 4.69. The number of ether oxygens (including phenoxy) is 2. The number of urea groups is 1. The van der Waals surface area contributed by atoms with E-state index in [0.29, 0.717) is 12.2 Å². The minimum Gasteiger partial charge on any atom is -0.392 e. The number of nitrogens with one attached hydrogen (secondary N) is 2. The van der Waals surface area contributed by atoms with Gasteiger partial charge >= 0.3 is 6.03 Å². The summed E-state index contributed by atoms with van der Waals surface area (Å²) >= 11 is 0. The van der Waals surface area contributed by atoms with E-state index in [-0.39, 0.29) is 30.8 Å². The van der Waals surface area contributed by atoms with Crippen molar-refractivity contribution < 1.29 is 19.4 Å². The fourth-order valence-electron chi connectivity index (χ4n) is 4.69. The number of amides is 2. The second-order valence-electron chi connectivity index (χ2n) is 9.61. The number of hydrogen-bond acceptors (Lipinski definition) is 5. The number of aliphatic hydroxyl groups excluding tert-OH is 1. The van der Waals surface area contributed by atoms with Gasteiger partial charge in [-0.3, -0.25) is 4.90 Å². The molecule has 1 aliphatic heterocycles. The largest absolute Gasteiger partial charge is 0.392 e. The summed E-state index contributed by atoms with van der Waals surface area (Å²) in [6, 6.07) is 25.7. The van der Waals surface area contributed by atoms with Crippen LogP contribution in [0.25, 0.3) is 0 Å². The van der Waals surface area contributed by atoms with E-state index in [4.69, 9.17) is 9.47 Å². The predicted molar refractivity (Wildman–Crippen MR) is 145 cm³/mol. The maximum Gasteiger partial charge on any atom is 0.319 e. The van der Waals surface area contributed by atoms with Crippen LogP contribution in [-0.4, -0.2) is 42.3 Å². The molecule has 1 heterocycles. The molecule has 196 valence electrons. The molecule has 3 aromatic rings. The molecule has 7 heteroatoms. The lowest BCUT2D eigenvalue weighted by molar-refractivity contribution is -0.276. The highest BCUT2D eigenvalue weighted by molar-refractivity contribution is 5.89. The Morgan fingerprint density at radius 2 is 1.70 bits per heavy atom. The van der Waals surface area contributed by atoms with E-state index in [1.807, 2.05) is 61.5 Å². The molecular weight excluding hydrogens is 466 g/mol. The summed E-state index contributed by atoms with van der Waals surface area (Å²) in [5, 5.41) is 15.1. The number of likely N-dealkylation sites (N-methyl/N-ethyl adjacent to an activating group) is 1. The third-order valence-electron chi connectivity index (χ3n) is 6.66. The minimum atomic E-state index is -0.593. The zero-order chi connectivity index (χ0) is 26.2. The molecule has 4 atom stereocenters. The van der Waals surface area contributed by atoms with Crippen molar-refractivity contribution in [1.29, 1.82) is 0 Å². The van der Waals surface area contributed by atoms with Gasteiger partial charge in [-0.05, 0) is 42.8 Å². The Bertz CT molecular complexity index is 1140. The van der Waals surface area contributed by atoms with Crippen molar-refractivity contribution in [1.82, 2.24) is 10.2 Å². The number of rotatable bonds is 9. The van der Waals surface area contributed by atoms with Gasteiger partial charge in [0.05, 0.1) is 18.8 Å². The molecular formula is C30H37N3O4. The van der Waals surface area contributed by atoms with E-state index < -0.39 is 6.29 Å². The normalized spacial score (nSPS) is 21.5. The SMILES string of the molecule is CCNC(=O)Nc1cccc(C2OC(CN(C)Cc3ccccc3)C(C)C(c3ccc(CO)cc3)O2)c1. The van der Waals surface area contributed by atoms with Gasteiger partial charge in [-0.15, -0.1) is 0 Å². The van der Waals surface area contributed by atoms with Crippen molar-refractivity contribution in [3.05, 3.63) is 101 Å². The third kappa shape index (κ3) is 7.17. The fraction of sp³-hybridized carbons (Fsp3) is 0.367. The van der Waals surface area contributed by atoms with E-state index in [0.717, 1.165) is 29.8 Å². The number of carbonyl (C=O) groups excluding carboxylic acids is 1. The van der Waals surface area contributed by atoms with Gasteiger partial charge in [0.15, 0.2) is 6.29 Å². The smallest absolute Gasteiger partial charge is 0.319 e. The third-order valence-corrected chi connectivity index (χ3v) is 6.66. The van der Waals surface area contributed by atoms with Crippen LogP contribution >= 0.6 is 0 Å². The van der Waals surface area contributed by atoms with Gasteiger partial charge in [-0.25, -0.2) is 4.79 Å². The van der Waals surface area contributed by atoms with Gasteiger partial charge in [0.2, 0.25) is 0 Å². The topological polar surface area (TPSA) is 83.1 Å². The molecule has 0 spiro atoms. The minimum absolute atomic E-state index is 0.00536. The van der Waals surface area contributed by atoms with Crippen LogP contribution in [0.3, 0.4) is 0 Å². The molecule has 0 saturated carbocycles. The Morgan fingerprint density at radius 1 is 0.946 bits per heavy atom. The zero-order valence-corrected chi connectivity index (χ0v) is 21.8. The molecule has 3 N–H and O–H groups in total. The summed E-state index contributed by atoms with van der Waals surface area (Å²) in [6.07, 6.45) is -0.874. The highest BCUT2D eigenvalue weighted by Crippen LogP contribution is 2.42. The van der Waals surface area contributed by atoms with Crippen LogP contribution in [0.2, 0.25) is 0 Å². The summed E-state index contributed by atoms with van der Waals surface area (Å²) in [7, 11) is 2.11. The van der Waals surface area contributed by atoms with Gasteiger partial charge in [0.1, 0.15) is 0 Å². The first kappa shape index (κ1) is 26.8. The average molecular weight is 504 g/mol. The summed E-state index contributed by atoms with van der Waals surface area (Å²) in [6.45, 7) is 6.15. The molecule has 3 aromatic carbocycles. The van der Waals surface area contributed by atoms with Gasteiger partial charge in [-0.2, -0.15) is 0 Å². The Kier molecular flexibility index (Phi) is 9.30. The molecule has 7 nitrogen and oxygen atoms in total. The lowest BCUT2D eigenvalue weighted by atomic mass is 9.90. The van der Waals surface area contributed by atoms with E-state index in [9.17, 15) is 9.90 Å². The van der Waals surface area contributed by atoms with E-state index in [1.165, 1.54) is 5.56 Å². The van der Waals surface area contributed by atoms with Crippen LogP contribution in [0.5, 0.6) is 0 Å². The molecule has 0 aromatic heterocycles. The lowest BCUT2D eigenvalue weighted by Crippen LogP contribution is -2.43. The Labute approximate surface area is 219 Å². The molecule has 1 aliphatic rings. The van der Waals surface area contributed by atoms with E-state index in [2.05, 4.69) is 53.8 Å². The van der Waals surface area contributed by atoms with Gasteiger partial charge in [-0.1, -0.05) is 73.7 Å². The van der Waals surface area contributed by atoms with Crippen LogP contribution in [0, 0.1) is 5.92 Å². The first-order valence-corrected chi connectivity index (χ1v) is 12.8. The van der Waals surface area contributed by atoms with Gasteiger partial charge in [0, 0.05) is 36.8 Å². The molecule has 1 fully saturated rings. The summed E-state index contributed by atoms with van der Waals surface area (Å²) in [5.74, 6) is 0.0890. The van der Waals surface area contributed by atoms with Gasteiger partial charge in [0.25, 0.3) is 0 Å². The molecule has 37 heavy (non-hydrogen) atoms. The average Bonchev–Trinajstić information content (AvgIpc) is 2.91. The molecule has 0 bridgehead atoms. The Morgan fingerprint density at radius 3 is 2.41 bits per heavy atom. The number of aliphatic hydroxyl groups is 1. The first-order chi connectivity index (χ1) is 18.0. The maximum atomic E-state index is 12.0. The quantitative estimate of drug-likeness (QED) is 0.372. The summed E-state index contributed by atoms with van der Waals surface area (Å²) in [4.78, 5) is 14.3. The number of carbonyl (C=O) groups is 1. The molecule has 1 saturated heterocycles. The van der Waals surface area contributed by atoms with Crippen molar-refractivity contribution in [2.45, 2.75) is 45.5 Å². The summed E-state index contributed by atoms with van der Waals surface area (Å²) < 4.78 is 13.1. The highest BCUT2D eigenvalue weighted by atomic mass is 16.7. The lowest BCUT2D eigenvalue weighted by Gasteiger charge is -2.42. The van der Waals surface area contributed by atoms with Crippen molar-refractivity contribution in [3.8, 4) is 0 Å². The first-order valence-electron chi connectivity index (χ1n) is 12.8. The van der Waals surface area contributed by atoms with E-state index in [1.54, 1.807) is 0 Å². The van der Waals surface area contributed by atoms with Crippen molar-refractivity contribution in [2.75, 3.05) is 25.5 Å². The number of hydrogen-bond donors (Lipinski definition) is 3. The summed E-state index contributed by atoms with van der Waals surface area (Å²) in [5.41, 5.74) is 4.68. The standard InChI is InChI=1S/C30H37N3O4/c1-4-31-30(35)32-26-12-8-11-25(17-26)29-36-27(19-33(3)18-22-9-6-5-7-10-22)21(2)28(37-29)24-15-13-23(20-34)14-16-24/h5-17,21,27-29,34H,4,18-20H2,1-3H3,(H2,31,32,35). The second-order valence-corrected chi connectivity index (χ2v) is 9.61. The van der Waals surface area contributed by atoms with Crippen molar-refractivity contribution in [3.63, 3.8) is 0 Å². The molecule has 0 aliphatic carbocycles. The Balaban J connectivity index is 1.57. The maximum absolute atomic E-state index is 12.0. The van der Waals surface area contributed by atoms with E-state index >= 15 is 0 Å². The van der Waals surface area contributed by atoms with Crippen molar-refractivity contribution in [2.24, 2.45) is 5.92 Å². The molecule has 4 unspecified atom stereocenters. The molecule has 2 amide bonds. The van der Waals surface area contributed by atoms with Crippen LogP contribution in [0.1, 0.15) is 48.5 Å².